The van der Waals surface area contributed by atoms with Gasteiger partial charge in [-0.25, -0.2) is 19.1 Å². The van der Waals surface area contributed by atoms with Crippen LogP contribution in [-0.2, 0) is 48.7 Å². The number of nitrogens with zero attached hydrogens (tertiary/aromatic N) is 2. The van der Waals surface area contributed by atoms with Crippen LogP contribution < -0.4 is 16.2 Å². The van der Waals surface area contributed by atoms with Crippen molar-refractivity contribution in [3.8, 4) is 0 Å². The molecule has 11 heteroatoms. The van der Waals surface area contributed by atoms with E-state index in [4.69, 9.17) is 21.0 Å². The van der Waals surface area contributed by atoms with E-state index in [1.54, 1.807) is 13.8 Å². The number of thiazole rings is 1. The maximum Gasteiger partial charge on any atom is 0.316 e. The number of aryl methyl sites for hydroxylation is 2. The summed E-state index contributed by atoms with van der Waals surface area (Å²) in [4.78, 5) is 19.9. The number of nitrogens with one attached hydrogen (secondary N) is 1. The van der Waals surface area contributed by atoms with E-state index in [1.807, 2.05) is 0 Å². The molecule has 4 rings (SSSR count). The number of nitrogens with two attached hydrogens (primary N) is 2. The molecular formula is C20H29N5O4S2. The van der Waals surface area contributed by atoms with Crippen LogP contribution in [0.4, 0.5) is 10.5 Å². The van der Waals surface area contributed by atoms with Gasteiger partial charge in [-0.3, -0.25) is 4.98 Å². The van der Waals surface area contributed by atoms with Gasteiger partial charge < -0.3 is 21.3 Å². The van der Waals surface area contributed by atoms with Gasteiger partial charge in [0.05, 0.1) is 11.4 Å². The molecule has 0 aliphatic heterocycles. The number of anilines is 1. The van der Waals surface area contributed by atoms with Crippen molar-refractivity contribution in [3.05, 3.63) is 33.2 Å². The number of carbonyl (C=O) groups is 1. The first-order chi connectivity index (χ1) is 14.6. The first-order valence-electron chi connectivity index (χ1n) is 10.2. The average molecular weight is 468 g/mol. The highest BCUT2D eigenvalue weighted by Crippen LogP contribution is 2.36. The second-order valence-electron chi connectivity index (χ2n) is 8.12. The molecular weight excluding hydrogens is 438 g/mol. The molecule has 0 saturated carbocycles. The molecule has 9 nitrogen and oxygen atoms in total. The van der Waals surface area contributed by atoms with Crippen molar-refractivity contribution in [3.63, 3.8) is 0 Å². The van der Waals surface area contributed by atoms with Crippen molar-refractivity contribution in [1.29, 1.82) is 0 Å². The van der Waals surface area contributed by atoms with E-state index in [9.17, 15) is 14.1 Å². The fourth-order valence-corrected chi connectivity index (χ4v) is 5.67. The number of pyridine rings is 1. The number of primary amides is 1. The van der Waals surface area contributed by atoms with Gasteiger partial charge in [-0.1, -0.05) is 0 Å². The lowest BCUT2D eigenvalue weighted by Crippen LogP contribution is -2.21. The third-order valence-corrected chi connectivity index (χ3v) is 7.76. The Kier molecular flexibility index (Phi) is 7.43. The topological polar surface area (TPSA) is 164 Å². The van der Waals surface area contributed by atoms with Gasteiger partial charge in [0, 0.05) is 24.4 Å². The van der Waals surface area contributed by atoms with Gasteiger partial charge in [0.15, 0.2) is 0 Å². The zero-order valence-electron chi connectivity index (χ0n) is 17.7. The minimum Gasteiger partial charge on any atom is -0.396 e. The van der Waals surface area contributed by atoms with Gasteiger partial charge in [-0.05, 0) is 63.5 Å². The molecule has 0 bridgehead atoms. The van der Waals surface area contributed by atoms with E-state index in [1.165, 1.54) is 22.5 Å². The predicted molar refractivity (Wildman–Crippen MR) is 120 cm³/mol. The number of amides is 2. The maximum atomic E-state index is 11.2. The molecule has 2 aliphatic carbocycles. The molecule has 0 radical (unpaired) electrons. The first kappa shape index (κ1) is 23.7. The SMILES string of the molecule is CC(C)(O)c1nc(CCO)c(S(N)=O)s1.NC(=O)Nc1c2c(nc3c1CCC3)CCC2. The third-order valence-electron chi connectivity index (χ3n) is 5.22. The van der Waals surface area contributed by atoms with Crippen LogP contribution in [-0.4, -0.2) is 37.0 Å². The average Bonchev–Trinajstić information content (AvgIpc) is 3.40. The second kappa shape index (κ2) is 9.70. The van der Waals surface area contributed by atoms with E-state index >= 15 is 0 Å². The highest BCUT2D eigenvalue weighted by Gasteiger charge is 2.26. The number of rotatable bonds is 5. The highest BCUT2D eigenvalue weighted by atomic mass is 32.2. The van der Waals surface area contributed by atoms with E-state index < -0.39 is 22.6 Å². The summed E-state index contributed by atoms with van der Waals surface area (Å²) in [5.74, 6) is 0. The first-order valence-corrected chi connectivity index (χ1v) is 12.2. The van der Waals surface area contributed by atoms with Crippen molar-refractivity contribution < 1.29 is 19.2 Å². The second-order valence-corrected chi connectivity index (χ2v) is 10.4. The zero-order chi connectivity index (χ0) is 22.8. The summed E-state index contributed by atoms with van der Waals surface area (Å²) in [6, 6.07) is -0.464. The van der Waals surface area contributed by atoms with E-state index in [-0.39, 0.29) is 6.61 Å². The number of aliphatic hydroxyl groups excluding tert-OH is 1. The van der Waals surface area contributed by atoms with Crippen LogP contribution >= 0.6 is 11.3 Å². The summed E-state index contributed by atoms with van der Waals surface area (Å²) in [7, 11) is -1.62. The van der Waals surface area contributed by atoms with Gasteiger partial charge in [-0.15, -0.1) is 11.3 Å². The van der Waals surface area contributed by atoms with Crippen LogP contribution in [0.15, 0.2) is 4.21 Å². The molecule has 0 fully saturated rings. The zero-order valence-corrected chi connectivity index (χ0v) is 19.4. The van der Waals surface area contributed by atoms with E-state index in [0.29, 0.717) is 21.3 Å². The number of fused-ring (bicyclic) bond motifs is 2. The largest absolute Gasteiger partial charge is 0.396 e. The van der Waals surface area contributed by atoms with Gasteiger partial charge in [0.25, 0.3) is 0 Å². The molecule has 2 aliphatic rings. The molecule has 7 N–H and O–H groups in total. The van der Waals surface area contributed by atoms with E-state index in [0.717, 1.165) is 55.5 Å². The van der Waals surface area contributed by atoms with Crippen molar-refractivity contribution in [2.45, 2.75) is 68.6 Å². The van der Waals surface area contributed by atoms with Gasteiger partial charge in [0.1, 0.15) is 25.8 Å². The number of carbonyl (C=O) groups excluding carboxylic acids is 1. The highest BCUT2D eigenvalue weighted by molar-refractivity contribution is 7.85. The van der Waals surface area contributed by atoms with Crippen LogP contribution in [0.3, 0.4) is 0 Å². The summed E-state index contributed by atoms with van der Waals surface area (Å²) >= 11 is 1.12. The summed E-state index contributed by atoms with van der Waals surface area (Å²) in [5.41, 5.74) is 10.4. The molecule has 0 saturated heterocycles. The summed E-state index contributed by atoms with van der Waals surface area (Å²) in [6.45, 7) is 3.11. The van der Waals surface area contributed by atoms with Crippen molar-refractivity contribution >= 4 is 34.0 Å². The maximum absolute atomic E-state index is 11.2. The van der Waals surface area contributed by atoms with E-state index in [2.05, 4.69) is 10.3 Å². The summed E-state index contributed by atoms with van der Waals surface area (Å²) in [5, 5.41) is 27.1. The Morgan fingerprint density at radius 2 is 1.74 bits per heavy atom. The molecule has 1 unspecified atom stereocenters. The smallest absolute Gasteiger partial charge is 0.316 e. The normalized spacial score (nSPS) is 15.6. The molecule has 31 heavy (non-hydrogen) atoms. The van der Waals surface area contributed by atoms with Crippen LogP contribution in [0.25, 0.3) is 0 Å². The van der Waals surface area contributed by atoms with Crippen LogP contribution in [0.5, 0.6) is 0 Å². The van der Waals surface area contributed by atoms with Gasteiger partial charge in [0.2, 0.25) is 0 Å². The number of hydrogen-bond donors (Lipinski definition) is 5. The summed E-state index contributed by atoms with van der Waals surface area (Å²) < 4.78 is 11.6. The molecule has 2 aromatic heterocycles. The van der Waals surface area contributed by atoms with Crippen LogP contribution in [0.1, 0.15) is 59.9 Å². The minimum absolute atomic E-state index is 0.0841. The molecule has 170 valence electrons. The molecule has 2 amide bonds. The fourth-order valence-electron chi connectivity index (χ4n) is 3.88. The van der Waals surface area contributed by atoms with Crippen LogP contribution in [0.2, 0.25) is 0 Å². The number of urea groups is 1. The van der Waals surface area contributed by atoms with Crippen molar-refractivity contribution in [1.82, 2.24) is 9.97 Å². The quantitative estimate of drug-likeness (QED) is 0.446. The lowest BCUT2D eigenvalue weighted by atomic mass is 10.1. The Balaban J connectivity index is 0.000000176. The Morgan fingerprint density at radius 1 is 1.16 bits per heavy atom. The minimum atomic E-state index is -1.62. The monoisotopic (exact) mass is 467 g/mol. The Labute approximate surface area is 187 Å². The number of aliphatic hydroxyl groups is 2. The lowest BCUT2D eigenvalue weighted by Gasteiger charge is -2.13. The standard InChI is InChI=1S/C12H15N3O.C8H14N2O3S2/c13-12(16)15-11-7-3-1-5-9(7)14-10-6-2-4-8(10)11;1-8(2,12)7-10-5(3-4-11)6(14-7)15(9)13/h1-6H2,(H3,13,14,15,16);11-12H,3-4,9H2,1-2H3. The van der Waals surface area contributed by atoms with Crippen LogP contribution in [0, 0.1) is 0 Å². The number of aromatic nitrogens is 2. The molecule has 0 aromatic carbocycles. The van der Waals surface area contributed by atoms with Crippen molar-refractivity contribution in [2.24, 2.45) is 10.9 Å². The van der Waals surface area contributed by atoms with Crippen molar-refractivity contribution in [2.75, 3.05) is 11.9 Å². The molecule has 1 atom stereocenters. The summed E-state index contributed by atoms with van der Waals surface area (Å²) in [6.07, 6.45) is 6.69. The molecule has 2 heterocycles. The lowest BCUT2D eigenvalue weighted by molar-refractivity contribution is 0.0780. The Morgan fingerprint density at radius 3 is 2.19 bits per heavy atom. The van der Waals surface area contributed by atoms with Gasteiger partial charge >= 0.3 is 6.03 Å². The Hall–Kier alpha value is -1.92. The Bertz CT molecular complexity index is 968. The van der Waals surface area contributed by atoms with Gasteiger partial charge in [-0.2, -0.15) is 0 Å². The predicted octanol–water partition coefficient (Wildman–Crippen LogP) is 1.44. The molecule has 2 aromatic rings. The fraction of sp³-hybridized carbons (Fsp3) is 0.550. The third kappa shape index (κ3) is 5.47. The number of hydrogen-bond acceptors (Lipinski definition) is 7. The molecule has 0 spiro atoms.